The van der Waals surface area contributed by atoms with Crippen molar-refractivity contribution in [3.63, 3.8) is 0 Å². The third kappa shape index (κ3) is 4.06. The highest BCUT2D eigenvalue weighted by atomic mass is 32.2. The van der Waals surface area contributed by atoms with Gasteiger partial charge in [0.05, 0.1) is 10.8 Å². The lowest BCUT2D eigenvalue weighted by Gasteiger charge is -2.07. The lowest BCUT2D eigenvalue weighted by molar-refractivity contribution is 0.669. The van der Waals surface area contributed by atoms with Crippen LogP contribution in [-0.4, -0.2) is 23.1 Å². The first-order valence-electron chi connectivity index (χ1n) is 5.81. The van der Waals surface area contributed by atoms with Crippen molar-refractivity contribution in [2.75, 3.05) is 18.8 Å². The summed E-state index contributed by atoms with van der Waals surface area (Å²) in [6.07, 6.45) is 1.12. The molecule has 0 aliphatic heterocycles. The van der Waals surface area contributed by atoms with E-state index in [1.807, 2.05) is 26.0 Å². The third-order valence-electron chi connectivity index (χ3n) is 2.48. The predicted molar refractivity (Wildman–Crippen MR) is 70.4 cm³/mol. The average molecular weight is 239 g/mol. The van der Waals surface area contributed by atoms with E-state index in [1.54, 1.807) is 0 Å². The Labute approximate surface area is 101 Å². The van der Waals surface area contributed by atoms with Gasteiger partial charge in [-0.25, -0.2) is 0 Å². The van der Waals surface area contributed by atoms with Gasteiger partial charge in [-0.2, -0.15) is 0 Å². The monoisotopic (exact) mass is 239 g/mol. The molecule has 0 spiro atoms. The molecular weight excluding hydrogens is 218 g/mol. The summed E-state index contributed by atoms with van der Waals surface area (Å²) in [5.74, 6) is 0.699. The standard InChI is InChI=1S/C13H21NOS/c1-4-7-14-8-9-16(15)13-10-11(2)5-6-12(13)3/h5-6,10,14H,4,7-9H2,1-3H3. The van der Waals surface area contributed by atoms with Crippen LogP contribution in [0.2, 0.25) is 0 Å². The van der Waals surface area contributed by atoms with E-state index >= 15 is 0 Å². The van der Waals surface area contributed by atoms with Crippen LogP contribution in [-0.2, 0) is 10.8 Å². The van der Waals surface area contributed by atoms with Gasteiger partial charge in [0.15, 0.2) is 0 Å². The maximum absolute atomic E-state index is 12.1. The molecule has 0 aliphatic rings. The van der Waals surface area contributed by atoms with Crippen molar-refractivity contribution in [2.45, 2.75) is 32.1 Å². The number of benzene rings is 1. The van der Waals surface area contributed by atoms with Gasteiger partial charge in [-0.05, 0) is 44.0 Å². The van der Waals surface area contributed by atoms with Crippen LogP contribution in [0.1, 0.15) is 24.5 Å². The summed E-state index contributed by atoms with van der Waals surface area (Å²) in [6.45, 7) is 8.02. The van der Waals surface area contributed by atoms with E-state index in [1.165, 1.54) is 5.56 Å². The Morgan fingerprint density at radius 3 is 2.69 bits per heavy atom. The Kier molecular flexibility index (Phi) is 5.71. The molecule has 0 bridgehead atoms. The van der Waals surface area contributed by atoms with E-state index in [9.17, 15) is 4.21 Å². The lowest BCUT2D eigenvalue weighted by atomic mass is 10.2. The maximum atomic E-state index is 12.1. The molecule has 1 aromatic carbocycles. The van der Waals surface area contributed by atoms with Gasteiger partial charge in [0, 0.05) is 17.2 Å². The Bertz CT molecular complexity index is 363. The Morgan fingerprint density at radius 1 is 1.25 bits per heavy atom. The van der Waals surface area contributed by atoms with E-state index in [-0.39, 0.29) is 0 Å². The Hall–Kier alpha value is -0.670. The van der Waals surface area contributed by atoms with Crippen LogP contribution >= 0.6 is 0 Å². The smallest absolute Gasteiger partial charge is 0.0545 e. The van der Waals surface area contributed by atoms with Crippen LogP contribution < -0.4 is 5.32 Å². The summed E-state index contributed by atoms with van der Waals surface area (Å²) >= 11 is 0. The van der Waals surface area contributed by atoms with Crippen molar-refractivity contribution in [3.05, 3.63) is 29.3 Å². The van der Waals surface area contributed by atoms with Crippen molar-refractivity contribution in [2.24, 2.45) is 0 Å². The van der Waals surface area contributed by atoms with Gasteiger partial charge in [0.1, 0.15) is 0 Å². The van der Waals surface area contributed by atoms with Gasteiger partial charge in [-0.1, -0.05) is 19.1 Å². The van der Waals surface area contributed by atoms with Crippen LogP contribution in [0.25, 0.3) is 0 Å². The number of nitrogens with one attached hydrogen (secondary N) is 1. The number of aryl methyl sites for hydroxylation is 2. The maximum Gasteiger partial charge on any atom is 0.0545 e. The van der Waals surface area contributed by atoms with Gasteiger partial charge in [0.2, 0.25) is 0 Å². The molecule has 2 nitrogen and oxygen atoms in total. The molecular formula is C13H21NOS. The molecule has 0 aromatic heterocycles. The van der Waals surface area contributed by atoms with Crippen molar-refractivity contribution in [3.8, 4) is 0 Å². The second-order valence-electron chi connectivity index (χ2n) is 4.07. The third-order valence-corrected chi connectivity index (χ3v) is 3.99. The zero-order valence-corrected chi connectivity index (χ0v) is 11.2. The number of hydrogen-bond acceptors (Lipinski definition) is 2. The van der Waals surface area contributed by atoms with Gasteiger partial charge in [-0.15, -0.1) is 0 Å². The molecule has 1 N–H and O–H groups in total. The van der Waals surface area contributed by atoms with Gasteiger partial charge >= 0.3 is 0 Å². The molecule has 90 valence electrons. The summed E-state index contributed by atoms with van der Waals surface area (Å²) in [5, 5.41) is 3.28. The molecule has 1 aromatic rings. The molecule has 0 saturated carbocycles. The molecule has 0 heterocycles. The van der Waals surface area contributed by atoms with Gasteiger partial charge < -0.3 is 5.32 Å². The highest BCUT2D eigenvalue weighted by Crippen LogP contribution is 2.14. The van der Waals surface area contributed by atoms with E-state index < -0.39 is 10.8 Å². The summed E-state index contributed by atoms with van der Waals surface area (Å²) in [7, 11) is -0.871. The SMILES string of the molecule is CCCNCCS(=O)c1cc(C)ccc1C. The molecule has 16 heavy (non-hydrogen) atoms. The first kappa shape index (κ1) is 13.4. The summed E-state index contributed by atoms with van der Waals surface area (Å²) in [5.41, 5.74) is 2.30. The molecule has 3 heteroatoms. The normalized spacial score (nSPS) is 12.7. The molecule has 1 atom stereocenters. The van der Waals surface area contributed by atoms with E-state index in [0.717, 1.165) is 30.0 Å². The molecule has 0 amide bonds. The largest absolute Gasteiger partial charge is 0.316 e. The van der Waals surface area contributed by atoms with E-state index in [0.29, 0.717) is 5.75 Å². The first-order chi connectivity index (χ1) is 7.65. The zero-order chi connectivity index (χ0) is 12.0. The summed E-state index contributed by atoms with van der Waals surface area (Å²) in [6, 6.07) is 6.14. The van der Waals surface area contributed by atoms with Gasteiger partial charge in [-0.3, -0.25) is 4.21 Å². The summed E-state index contributed by atoms with van der Waals surface area (Å²) in [4.78, 5) is 0.985. The minimum absolute atomic E-state index is 0.699. The molecule has 0 fully saturated rings. The zero-order valence-electron chi connectivity index (χ0n) is 10.4. The number of rotatable bonds is 6. The second kappa shape index (κ2) is 6.81. The van der Waals surface area contributed by atoms with Crippen LogP contribution in [0, 0.1) is 13.8 Å². The summed E-state index contributed by atoms with van der Waals surface area (Å²) < 4.78 is 12.1. The number of hydrogen-bond donors (Lipinski definition) is 1. The van der Waals surface area contributed by atoms with E-state index in [4.69, 9.17) is 0 Å². The quantitative estimate of drug-likeness (QED) is 0.772. The molecule has 0 saturated heterocycles. The second-order valence-corrected chi connectivity index (χ2v) is 5.61. The highest BCUT2D eigenvalue weighted by molar-refractivity contribution is 7.85. The first-order valence-corrected chi connectivity index (χ1v) is 7.13. The van der Waals surface area contributed by atoms with Crippen LogP contribution in [0.3, 0.4) is 0 Å². The minimum atomic E-state index is -0.871. The van der Waals surface area contributed by atoms with Crippen LogP contribution in [0.5, 0.6) is 0 Å². The van der Waals surface area contributed by atoms with E-state index in [2.05, 4.69) is 18.3 Å². The van der Waals surface area contributed by atoms with Gasteiger partial charge in [0.25, 0.3) is 0 Å². The Balaban J connectivity index is 2.55. The fourth-order valence-electron chi connectivity index (χ4n) is 1.53. The highest BCUT2D eigenvalue weighted by Gasteiger charge is 2.06. The molecule has 0 radical (unpaired) electrons. The lowest BCUT2D eigenvalue weighted by Crippen LogP contribution is -2.21. The fourth-order valence-corrected chi connectivity index (χ4v) is 2.82. The van der Waals surface area contributed by atoms with Crippen molar-refractivity contribution in [1.82, 2.24) is 5.32 Å². The van der Waals surface area contributed by atoms with Crippen LogP contribution in [0.15, 0.2) is 23.1 Å². The fraction of sp³-hybridized carbons (Fsp3) is 0.538. The Morgan fingerprint density at radius 2 is 2.00 bits per heavy atom. The molecule has 1 unspecified atom stereocenters. The van der Waals surface area contributed by atoms with Crippen LogP contribution in [0.4, 0.5) is 0 Å². The predicted octanol–water partition coefficient (Wildman–Crippen LogP) is 2.41. The van der Waals surface area contributed by atoms with Crippen molar-refractivity contribution in [1.29, 1.82) is 0 Å². The van der Waals surface area contributed by atoms with Crippen molar-refractivity contribution >= 4 is 10.8 Å². The molecule has 0 aliphatic carbocycles. The van der Waals surface area contributed by atoms with Crippen molar-refractivity contribution < 1.29 is 4.21 Å². The average Bonchev–Trinajstić information content (AvgIpc) is 2.27. The molecule has 1 rings (SSSR count). The topological polar surface area (TPSA) is 29.1 Å². The minimum Gasteiger partial charge on any atom is -0.316 e.